The molecule has 2 rings (SSSR count). The van der Waals surface area contributed by atoms with E-state index < -0.39 is 0 Å². The molecule has 1 unspecified atom stereocenters. The quantitative estimate of drug-likeness (QED) is 0.914. The largest absolute Gasteiger partial charge is 0.312 e. The first-order valence-corrected chi connectivity index (χ1v) is 5.83. The van der Waals surface area contributed by atoms with Crippen molar-refractivity contribution in [1.29, 1.82) is 0 Å². The molecular weight excluding hydrogens is 257 g/mol. The summed E-state index contributed by atoms with van der Waals surface area (Å²) in [5.74, 6) is 0.196. The number of nitrogens with zero attached hydrogens (tertiary/aromatic N) is 4. The average Bonchev–Trinajstić information content (AvgIpc) is 2.73. The number of hydrogen-bond acceptors (Lipinski definition) is 4. The normalized spacial score (nSPS) is 12.7. The van der Waals surface area contributed by atoms with Crippen molar-refractivity contribution in [3.8, 4) is 0 Å². The summed E-state index contributed by atoms with van der Waals surface area (Å²) in [6.45, 7) is 0. The molecule has 7 heteroatoms. The Morgan fingerprint density at radius 2 is 2.28 bits per heavy atom. The Morgan fingerprint density at radius 3 is 2.83 bits per heavy atom. The van der Waals surface area contributed by atoms with Crippen LogP contribution in [0.4, 0.5) is 4.39 Å². The van der Waals surface area contributed by atoms with Crippen LogP contribution in [0.2, 0.25) is 5.02 Å². The third-order valence-electron chi connectivity index (χ3n) is 2.63. The zero-order chi connectivity index (χ0) is 13.1. The molecule has 1 atom stereocenters. The summed E-state index contributed by atoms with van der Waals surface area (Å²) in [6, 6.07) is 4.33. The van der Waals surface area contributed by atoms with Crippen LogP contribution < -0.4 is 5.32 Å². The molecule has 0 saturated heterocycles. The van der Waals surface area contributed by atoms with Crippen molar-refractivity contribution >= 4 is 11.6 Å². The van der Waals surface area contributed by atoms with Crippen LogP contribution in [0.25, 0.3) is 0 Å². The maximum atomic E-state index is 13.8. The molecule has 0 aliphatic carbocycles. The van der Waals surface area contributed by atoms with E-state index in [-0.39, 0.29) is 11.9 Å². The van der Waals surface area contributed by atoms with Crippen molar-refractivity contribution in [2.45, 2.75) is 12.5 Å². The minimum Gasteiger partial charge on any atom is -0.312 e. The highest BCUT2D eigenvalue weighted by Crippen LogP contribution is 2.27. The zero-order valence-corrected chi connectivity index (χ0v) is 10.8. The lowest BCUT2D eigenvalue weighted by Gasteiger charge is -2.16. The highest BCUT2D eigenvalue weighted by molar-refractivity contribution is 6.31. The van der Waals surface area contributed by atoms with Gasteiger partial charge in [-0.05, 0) is 24.4 Å². The van der Waals surface area contributed by atoms with Gasteiger partial charge in [0.15, 0.2) is 5.82 Å². The Kier molecular flexibility index (Phi) is 3.88. The SMILES string of the molecule is CNC(Cc1nnn(C)n1)c1c(F)cccc1Cl. The zero-order valence-electron chi connectivity index (χ0n) is 10.1. The minimum atomic E-state index is -0.342. The van der Waals surface area contributed by atoms with Gasteiger partial charge in [-0.25, -0.2) is 4.39 Å². The third-order valence-corrected chi connectivity index (χ3v) is 2.96. The van der Waals surface area contributed by atoms with Crippen LogP contribution in [0.3, 0.4) is 0 Å². The molecule has 0 aliphatic rings. The number of halogens is 2. The highest BCUT2D eigenvalue weighted by Gasteiger charge is 2.19. The number of likely N-dealkylation sites (N-methyl/N-ethyl adjacent to an activating group) is 1. The average molecular weight is 270 g/mol. The minimum absolute atomic E-state index is 0.289. The molecule has 0 spiro atoms. The van der Waals surface area contributed by atoms with E-state index in [0.29, 0.717) is 22.8 Å². The number of rotatable bonds is 4. The van der Waals surface area contributed by atoms with Gasteiger partial charge in [-0.3, -0.25) is 0 Å². The van der Waals surface area contributed by atoms with Gasteiger partial charge in [0.25, 0.3) is 0 Å². The number of aromatic nitrogens is 4. The molecular formula is C11H13ClFN5. The van der Waals surface area contributed by atoms with E-state index in [4.69, 9.17) is 11.6 Å². The fourth-order valence-electron chi connectivity index (χ4n) is 1.78. The highest BCUT2D eigenvalue weighted by atomic mass is 35.5. The van der Waals surface area contributed by atoms with Crippen LogP contribution in [-0.2, 0) is 13.5 Å². The second-order valence-electron chi connectivity index (χ2n) is 3.88. The second kappa shape index (κ2) is 5.41. The van der Waals surface area contributed by atoms with Gasteiger partial charge < -0.3 is 5.32 Å². The van der Waals surface area contributed by atoms with Crippen molar-refractivity contribution in [1.82, 2.24) is 25.5 Å². The van der Waals surface area contributed by atoms with Crippen LogP contribution in [0.1, 0.15) is 17.4 Å². The summed E-state index contributed by atoms with van der Waals surface area (Å²) >= 11 is 6.03. The second-order valence-corrected chi connectivity index (χ2v) is 4.28. The molecule has 96 valence electrons. The van der Waals surface area contributed by atoms with Gasteiger partial charge in [-0.1, -0.05) is 17.7 Å². The molecule has 1 aromatic heterocycles. The summed E-state index contributed by atoms with van der Waals surface area (Å²) in [4.78, 5) is 1.37. The summed E-state index contributed by atoms with van der Waals surface area (Å²) < 4.78 is 13.8. The van der Waals surface area contributed by atoms with Crippen molar-refractivity contribution in [3.05, 3.63) is 40.4 Å². The Hall–Kier alpha value is -1.53. The molecule has 0 amide bonds. The fraction of sp³-hybridized carbons (Fsp3) is 0.364. The summed E-state index contributed by atoms with van der Waals surface area (Å²) in [5.41, 5.74) is 0.425. The molecule has 1 heterocycles. The molecule has 1 aromatic carbocycles. The lowest BCUT2D eigenvalue weighted by atomic mass is 10.0. The first-order chi connectivity index (χ1) is 8.61. The maximum absolute atomic E-state index is 13.8. The van der Waals surface area contributed by atoms with Crippen molar-refractivity contribution < 1.29 is 4.39 Å². The predicted octanol–water partition coefficient (Wildman–Crippen LogP) is 1.51. The smallest absolute Gasteiger partial charge is 0.176 e. The van der Waals surface area contributed by atoms with Crippen LogP contribution in [0.15, 0.2) is 18.2 Å². The van der Waals surface area contributed by atoms with E-state index in [1.54, 1.807) is 26.2 Å². The Morgan fingerprint density at radius 1 is 1.50 bits per heavy atom. The lowest BCUT2D eigenvalue weighted by molar-refractivity contribution is 0.524. The van der Waals surface area contributed by atoms with Crippen molar-refractivity contribution in [2.24, 2.45) is 7.05 Å². The van der Waals surface area contributed by atoms with E-state index in [2.05, 4.69) is 20.7 Å². The number of hydrogen-bond donors (Lipinski definition) is 1. The van der Waals surface area contributed by atoms with Gasteiger partial charge in [0.2, 0.25) is 0 Å². The lowest BCUT2D eigenvalue weighted by Crippen LogP contribution is -2.21. The van der Waals surface area contributed by atoms with Crippen LogP contribution >= 0.6 is 11.6 Å². The van der Waals surface area contributed by atoms with Gasteiger partial charge in [0.05, 0.1) is 7.05 Å². The van der Waals surface area contributed by atoms with Crippen molar-refractivity contribution in [3.63, 3.8) is 0 Å². The molecule has 2 aromatic rings. The molecule has 18 heavy (non-hydrogen) atoms. The fourth-order valence-corrected chi connectivity index (χ4v) is 2.07. The van der Waals surface area contributed by atoms with Crippen LogP contribution in [0.5, 0.6) is 0 Å². The number of benzene rings is 1. The van der Waals surface area contributed by atoms with Crippen LogP contribution in [0, 0.1) is 5.82 Å². The third kappa shape index (κ3) is 2.65. The summed E-state index contributed by atoms with van der Waals surface area (Å²) in [5, 5.41) is 15.1. The molecule has 0 radical (unpaired) electrons. The van der Waals surface area contributed by atoms with Gasteiger partial charge in [-0.2, -0.15) is 4.80 Å². The molecule has 0 bridgehead atoms. The van der Waals surface area contributed by atoms with E-state index in [1.807, 2.05) is 0 Å². The summed E-state index contributed by atoms with van der Waals surface area (Å²) in [6.07, 6.45) is 0.422. The summed E-state index contributed by atoms with van der Waals surface area (Å²) in [7, 11) is 3.42. The standard InChI is InChI=1S/C11H13ClFN5/c1-14-9(6-10-15-17-18(2)16-10)11-7(12)4-3-5-8(11)13/h3-5,9,14H,6H2,1-2H3. The van der Waals surface area contributed by atoms with Gasteiger partial charge in [0.1, 0.15) is 5.82 Å². The molecule has 0 aliphatic heterocycles. The Labute approximate surface area is 109 Å². The van der Waals surface area contributed by atoms with Gasteiger partial charge in [0, 0.05) is 23.0 Å². The van der Waals surface area contributed by atoms with E-state index in [1.165, 1.54) is 10.9 Å². The predicted molar refractivity (Wildman–Crippen MR) is 65.7 cm³/mol. The monoisotopic (exact) mass is 269 g/mol. The maximum Gasteiger partial charge on any atom is 0.176 e. The number of aryl methyl sites for hydroxylation is 1. The molecule has 0 fully saturated rings. The molecule has 0 saturated carbocycles. The molecule has 1 N–H and O–H groups in total. The molecule has 5 nitrogen and oxygen atoms in total. The van der Waals surface area contributed by atoms with E-state index >= 15 is 0 Å². The van der Waals surface area contributed by atoms with Crippen LogP contribution in [-0.4, -0.2) is 27.3 Å². The van der Waals surface area contributed by atoms with E-state index in [0.717, 1.165) is 0 Å². The van der Waals surface area contributed by atoms with Gasteiger partial charge in [-0.15, -0.1) is 10.2 Å². The van der Waals surface area contributed by atoms with Crippen molar-refractivity contribution in [2.75, 3.05) is 7.05 Å². The first-order valence-electron chi connectivity index (χ1n) is 5.46. The topological polar surface area (TPSA) is 55.6 Å². The Balaban J connectivity index is 2.28. The van der Waals surface area contributed by atoms with E-state index in [9.17, 15) is 4.39 Å². The number of tetrazole rings is 1. The van der Waals surface area contributed by atoms with Gasteiger partial charge >= 0.3 is 0 Å². The Bertz CT molecular complexity index is 522. The number of nitrogens with one attached hydrogen (secondary N) is 1. The first kappa shape index (κ1) is 12.9.